The minimum absolute atomic E-state index is 0.138. The van der Waals surface area contributed by atoms with Crippen LogP contribution < -0.4 is 0 Å². The summed E-state index contributed by atoms with van der Waals surface area (Å²) in [5.74, 6) is -0.138. The topological polar surface area (TPSA) is 20.1 Å². The van der Waals surface area contributed by atoms with Crippen LogP contribution in [0.2, 0.25) is 0 Å². The summed E-state index contributed by atoms with van der Waals surface area (Å²) >= 11 is 0. The fraction of sp³-hybridized carbons (Fsp3) is 0.167. The van der Waals surface area contributed by atoms with Gasteiger partial charge in [0.15, 0.2) is 6.54 Å². The van der Waals surface area contributed by atoms with E-state index in [0.717, 1.165) is 6.42 Å². The third kappa shape index (κ3) is 2.98. The van der Waals surface area contributed by atoms with Gasteiger partial charge in [-0.15, -0.1) is 0 Å². The molecule has 0 atom stereocenters. The molecule has 0 saturated heterocycles. The van der Waals surface area contributed by atoms with Crippen LogP contribution in [0.3, 0.4) is 0 Å². The largest absolute Gasteiger partial charge is 0.411 e. The Morgan fingerprint density at radius 1 is 1.36 bits per heavy atom. The fourth-order valence-electron chi connectivity index (χ4n) is 1.15. The average molecular weight is 188 g/mol. The molecule has 72 valence electrons. The lowest BCUT2D eigenvalue weighted by Crippen LogP contribution is -2.19. The van der Waals surface area contributed by atoms with E-state index in [1.54, 1.807) is 0 Å². The molecule has 0 bridgehead atoms. The molecule has 0 fully saturated rings. The molecule has 0 aliphatic heterocycles. The number of rotatable bonds is 4. The van der Waals surface area contributed by atoms with Gasteiger partial charge in [0.2, 0.25) is 0 Å². The van der Waals surface area contributed by atoms with Crippen LogP contribution in [0.1, 0.15) is 5.56 Å². The van der Waals surface area contributed by atoms with Crippen LogP contribution in [0.25, 0.3) is 0 Å². The second-order valence-corrected chi connectivity index (χ2v) is 3.04. The summed E-state index contributed by atoms with van der Waals surface area (Å²) in [6.45, 7) is 7.66. The molecule has 0 radical (unpaired) electrons. The van der Waals surface area contributed by atoms with Gasteiger partial charge in [-0.25, -0.2) is 4.79 Å². The van der Waals surface area contributed by atoms with Gasteiger partial charge in [-0.1, -0.05) is 36.9 Å². The maximum absolute atomic E-state index is 11.1. The minimum Gasteiger partial charge on any atom is -0.215 e. The van der Waals surface area contributed by atoms with Gasteiger partial charge >= 0.3 is 5.91 Å². The lowest BCUT2D eigenvalue weighted by molar-refractivity contribution is -0.435. The highest BCUT2D eigenvalue weighted by Crippen LogP contribution is 1.99. The van der Waals surface area contributed by atoms with Crippen molar-refractivity contribution in [1.29, 1.82) is 0 Å². The molecule has 0 N–H and O–H groups in total. The molecule has 14 heavy (non-hydrogen) atoms. The number of nitrogens with zero attached hydrogens (tertiary/aromatic N) is 1. The average Bonchev–Trinajstić information content (AvgIpc) is 2.26. The molecule has 0 spiro atoms. The van der Waals surface area contributed by atoms with Crippen molar-refractivity contribution in [3.8, 4) is 0 Å². The Morgan fingerprint density at radius 3 is 2.57 bits per heavy atom. The van der Waals surface area contributed by atoms with Crippen molar-refractivity contribution < 1.29 is 9.37 Å². The van der Waals surface area contributed by atoms with Gasteiger partial charge in [0.05, 0.1) is 0 Å². The van der Waals surface area contributed by atoms with Gasteiger partial charge in [-0.3, -0.25) is 0 Å². The number of carbonyl (C=O) groups is 1. The van der Waals surface area contributed by atoms with Gasteiger partial charge in [0, 0.05) is 12.5 Å². The molecule has 0 aliphatic rings. The van der Waals surface area contributed by atoms with Crippen LogP contribution in [0.4, 0.5) is 0 Å². The number of hydrogen-bond acceptors (Lipinski definition) is 1. The summed E-state index contributed by atoms with van der Waals surface area (Å²) in [7, 11) is 0. The summed E-state index contributed by atoms with van der Waals surface area (Å²) < 4.78 is 1.42. The summed E-state index contributed by atoms with van der Waals surface area (Å²) in [5.41, 5.74) is 1.21. The van der Waals surface area contributed by atoms with Gasteiger partial charge in [-0.05, 0) is 5.56 Å². The first-order valence-electron chi connectivity index (χ1n) is 4.52. The van der Waals surface area contributed by atoms with Crippen molar-refractivity contribution >= 4 is 12.6 Å². The quantitative estimate of drug-likeness (QED) is 0.399. The molecule has 1 amide bonds. The van der Waals surface area contributed by atoms with Gasteiger partial charge in [-0.2, -0.15) is 4.58 Å². The van der Waals surface area contributed by atoms with E-state index in [1.807, 2.05) is 30.3 Å². The third-order valence-electron chi connectivity index (χ3n) is 2.00. The second-order valence-electron chi connectivity index (χ2n) is 3.04. The lowest BCUT2D eigenvalue weighted by atomic mass is 10.1. The van der Waals surface area contributed by atoms with E-state index in [9.17, 15) is 4.79 Å². The van der Waals surface area contributed by atoms with Gasteiger partial charge in [0.1, 0.15) is 6.72 Å². The number of amides is 1. The molecule has 0 unspecified atom stereocenters. The Balaban J connectivity index is 2.46. The first-order valence-corrected chi connectivity index (χ1v) is 4.52. The Bertz CT molecular complexity index is 341. The SMILES string of the molecule is C=CC(=O)[N+](=C)CCc1ccccc1. The van der Waals surface area contributed by atoms with Crippen LogP contribution in [-0.2, 0) is 11.2 Å². The minimum atomic E-state index is -0.138. The highest BCUT2D eigenvalue weighted by atomic mass is 16.2. The molecule has 0 heterocycles. The van der Waals surface area contributed by atoms with Crippen LogP contribution in [-0.4, -0.2) is 23.7 Å². The zero-order valence-corrected chi connectivity index (χ0v) is 8.15. The lowest BCUT2D eigenvalue weighted by Gasteiger charge is -1.97. The Morgan fingerprint density at radius 2 is 2.00 bits per heavy atom. The summed E-state index contributed by atoms with van der Waals surface area (Å²) in [5, 5.41) is 0. The highest BCUT2D eigenvalue weighted by Gasteiger charge is 2.08. The molecule has 1 aromatic carbocycles. The summed E-state index contributed by atoms with van der Waals surface area (Å²) in [6.07, 6.45) is 2.10. The molecular formula is C12H14NO+. The van der Waals surface area contributed by atoms with E-state index >= 15 is 0 Å². The zero-order valence-electron chi connectivity index (χ0n) is 8.15. The van der Waals surface area contributed by atoms with Crippen molar-refractivity contribution in [2.45, 2.75) is 6.42 Å². The maximum Gasteiger partial charge on any atom is 0.411 e. The normalized spacial score (nSPS) is 9.43. The fourth-order valence-corrected chi connectivity index (χ4v) is 1.15. The number of benzene rings is 1. The van der Waals surface area contributed by atoms with E-state index in [4.69, 9.17) is 0 Å². The van der Waals surface area contributed by atoms with Crippen LogP contribution in [0.5, 0.6) is 0 Å². The van der Waals surface area contributed by atoms with E-state index in [2.05, 4.69) is 13.3 Å². The predicted octanol–water partition coefficient (Wildman–Crippen LogP) is 1.65. The summed E-state index contributed by atoms with van der Waals surface area (Å²) in [6, 6.07) is 10.0. The number of carbonyl (C=O) groups excluding carboxylic acids is 1. The second kappa shape index (κ2) is 5.12. The smallest absolute Gasteiger partial charge is 0.215 e. The summed E-state index contributed by atoms with van der Waals surface area (Å²) in [4.78, 5) is 11.1. The van der Waals surface area contributed by atoms with Gasteiger partial charge < -0.3 is 0 Å². The standard InChI is InChI=1S/C12H14NO/c1-3-12(14)13(2)10-9-11-7-5-4-6-8-11/h3-8H,1-2,9-10H2/q+1. The molecule has 0 saturated carbocycles. The first kappa shape index (κ1) is 10.4. The Labute approximate surface area is 84.2 Å². The zero-order chi connectivity index (χ0) is 10.4. The maximum atomic E-state index is 11.1. The molecular weight excluding hydrogens is 174 g/mol. The van der Waals surface area contributed by atoms with E-state index in [1.165, 1.54) is 16.2 Å². The van der Waals surface area contributed by atoms with Crippen LogP contribution in [0, 0.1) is 0 Å². The molecule has 0 aliphatic carbocycles. The third-order valence-corrected chi connectivity index (χ3v) is 2.00. The Kier molecular flexibility index (Phi) is 3.80. The van der Waals surface area contributed by atoms with Crippen molar-refractivity contribution in [3.05, 3.63) is 48.6 Å². The predicted molar refractivity (Wildman–Crippen MR) is 57.6 cm³/mol. The van der Waals surface area contributed by atoms with Crippen LogP contribution in [0.15, 0.2) is 43.0 Å². The van der Waals surface area contributed by atoms with Gasteiger partial charge in [0.25, 0.3) is 0 Å². The monoisotopic (exact) mass is 188 g/mol. The Hall–Kier alpha value is -1.70. The van der Waals surface area contributed by atoms with Crippen molar-refractivity contribution in [2.24, 2.45) is 0 Å². The molecule has 2 nitrogen and oxygen atoms in total. The molecule has 2 heteroatoms. The van der Waals surface area contributed by atoms with E-state index in [-0.39, 0.29) is 5.91 Å². The van der Waals surface area contributed by atoms with Crippen LogP contribution >= 0.6 is 0 Å². The van der Waals surface area contributed by atoms with E-state index in [0.29, 0.717) is 6.54 Å². The first-order chi connectivity index (χ1) is 6.74. The van der Waals surface area contributed by atoms with Crippen molar-refractivity contribution in [3.63, 3.8) is 0 Å². The molecule has 0 aromatic heterocycles. The number of hydrogen-bond donors (Lipinski definition) is 0. The van der Waals surface area contributed by atoms with Crippen molar-refractivity contribution in [2.75, 3.05) is 6.54 Å². The van der Waals surface area contributed by atoms with Crippen molar-refractivity contribution in [1.82, 2.24) is 0 Å². The molecule has 1 aromatic rings. The highest BCUT2D eigenvalue weighted by molar-refractivity contribution is 5.80. The molecule has 1 rings (SSSR count). The van der Waals surface area contributed by atoms with E-state index < -0.39 is 0 Å².